The molecule has 0 amide bonds. The summed E-state index contributed by atoms with van der Waals surface area (Å²) in [4.78, 5) is 95.0. The highest BCUT2D eigenvalue weighted by Gasteiger charge is 2.51. The molecular weight excluding hydrogens is 1440 g/mol. The molecule has 4 aromatic heterocycles. The van der Waals surface area contributed by atoms with Crippen LogP contribution in [0.5, 0.6) is 0 Å². The third-order valence-corrected chi connectivity index (χ3v) is 19.4. The van der Waals surface area contributed by atoms with E-state index in [-0.39, 0.29) is 124 Å². The Morgan fingerprint density at radius 1 is 0.327 bits per heavy atom. The summed E-state index contributed by atoms with van der Waals surface area (Å²) in [6.45, 7) is 0. The van der Waals surface area contributed by atoms with Crippen LogP contribution in [0.3, 0.4) is 0 Å². The van der Waals surface area contributed by atoms with E-state index >= 15 is 17.6 Å². The van der Waals surface area contributed by atoms with Gasteiger partial charge in [-0.3, -0.25) is 19.2 Å². The van der Waals surface area contributed by atoms with Gasteiger partial charge in [0.15, 0.2) is 46.5 Å². The molecule has 8 aromatic rings. The first kappa shape index (κ1) is 77.9. The molecule has 16 rings (SSSR count). The molecule has 0 saturated heterocycles. The number of aromatic carboxylic acids is 4. The summed E-state index contributed by atoms with van der Waals surface area (Å²) < 4.78 is 125. The quantitative estimate of drug-likeness (QED) is 0.0404. The number of fused-ring (bicyclic) bond motifs is 4. The summed E-state index contributed by atoms with van der Waals surface area (Å²) in [5.74, 6) is -13.8. The molecule has 0 radical (unpaired) electrons. The molecule has 8 saturated carbocycles. The highest BCUT2D eigenvalue weighted by atomic mass is 35.5. The number of pyridine rings is 4. The van der Waals surface area contributed by atoms with E-state index in [2.05, 4.69) is 0 Å². The molecule has 4 aromatic carbocycles. The molecule has 0 spiro atoms. The minimum atomic E-state index is -1.46. The second-order valence-corrected chi connectivity index (χ2v) is 26.4. The number of carbonyl (C=O) groups is 4. The van der Waals surface area contributed by atoms with Crippen molar-refractivity contribution in [3.63, 3.8) is 0 Å². The number of rotatable bonds is 12. The molecule has 22 N–H and O–H groups in total. The molecule has 0 aliphatic heterocycles. The van der Waals surface area contributed by atoms with Gasteiger partial charge in [-0.1, -0.05) is 0 Å². The monoisotopic (exact) mass is 1500 g/mol. The van der Waals surface area contributed by atoms with Crippen molar-refractivity contribution in [1.29, 1.82) is 0 Å². The van der Waals surface area contributed by atoms with Gasteiger partial charge in [0.2, 0.25) is 21.7 Å². The van der Waals surface area contributed by atoms with Gasteiger partial charge in [0, 0.05) is 93.4 Å². The fourth-order valence-corrected chi connectivity index (χ4v) is 12.7. The largest absolute Gasteiger partial charge is 0.477 e. The summed E-state index contributed by atoms with van der Waals surface area (Å²) in [5.41, 5.74) is 32.3. The smallest absolute Gasteiger partial charge is 0.341 e. The SMILES string of the molecule is Cl.Cl.Cl.Cl.Nc1c(F)c(C2(N)CC2)c(F)c2c1c(=O)c(C(=O)O)cn2C1CC1.Nc1c(F)c(C2(N)CC2)c(F)c2c1c(=O)c(C(=O)O)cn2C1CC1.Nc1c(F)c(C2(N)CC2)c(F)c2c1c(=O)c(C(=O)O)cn2C1CC1.Nc1c(F)c(C2(N)CC2)c(F)c2c1c(=O)c(C(=O)O)cn2C1CC1.O. The van der Waals surface area contributed by atoms with Gasteiger partial charge in [-0.25, -0.2) is 54.3 Å². The second-order valence-electron chi connectivity index (χ2n) is 26.4. The van der Waals surface area contributed by atoms with Gasteiger partial charge in [-0.15, -0.1) is 49.6 Å². The Hall–Kier alpha value is -8.80. The van der Waals surface area contributed by atoms with Crippen molar-refractivity contribution >= 4 is 140 Å². The average molecular weight is 1510 g/mol. The van der Waals surface area contributed by atoms with Gasteiger partial charge >= 0.3 is 23.9 Å². The second kappa shape index (κ2) is 26.5. The zero-order chi connectivity index (χ0) is 69.5. The fraction of sp³-hybridized carbons (Fsp3) is 0.375. The Labute approximate surface area is 587 Å². The molecule has 8 aliphatic carbocycles. The van der Waals surface area contributed by atoms with Crippen LogP contribution in [0.4, 0.5) is 57.9 Å². The van der Waals surface area contributed by atoms with E-state index in [4.69, 9.17) is 45.9 Å². The van der Waals surface area contributed by atoms with Crippen LogP contribution >= 0.6 is 49.6 Å². The highest BCUT2D eigenvalue weighted by molar-refractivity contribution is 6.02. The number of carboxylic acid groups (broad SMARTS) is 4. The number of hydrogen-bond acceptors (Lipinski definition) is 16. The molecule has 101 heavy (non-hydrogen) atoms. The van der Waals surface area contributed by atoms with Crippen molar-refractivity contribution in [3.8, 4) is 0 Å². The van der Waals surface area contributed by atoms with Crippen LogP contribution in [0.2, 0.25) is 0 Å². The highest BCUT2D eigenvalue weighted by Crippen LogP contribution is 2.53. The van der Waals surface area contributed by atoms with E-state index in [0.29, 0.717) is 51.4 Å². The van der Waals surface area contributed by atoms with Crippen molar-refractivity contribution in [2.75, 3.05) is 22.9 Å². The first-order valence-corrected chi connectivity index (χ1v) is 30.6. The number of benzene rings is 4. The van der Waals surface area contributed by atoms with E-state index in [1.165, 1.54) is 18.3 Å². The normalized spacial score (nSPS) is 17.9. The van der Waals surface area contributed by atoms with E-state index in [9.17, 15) is 76.3 Å². The number of anilines is 4. The van der Waals surface area contributed by atoms with Crippen molar-refractivity contribution < 1.29 is 80.2 Å². The maximum Gasteiger partial charge on any atom is 0.341 e. The van der Waals surface area contributed by atoms with Gasteiger partial charge in [-0.05, 0) is 103 Å². The zero-order valence-corrected chi connectivity index (χ0v) is 55.8. The summed E-state index contributed by atoms with van der Waals surface area (Å²) in [6.07, 6.45) is 13.6. The predicted molar refractivity (Wildman–Crippen MR) is 364 cm³/mol. The summed E-state index contributed by atoms with van der Waals surface area (Å²) in [6, 6.07) is -0.532. The average Bonchev–Trinajstić information content (AvgIpc) is 1.24. The van der Waals surface area contributed by atoms with Crippen molar-refractivity contribution in [2.24, 2.45) is 22.9 Å². The molecule has 8 aliphatic rings. The van der Waals surface area contributed by atoms with Gasteiger partial charge in [0.05, 0.1) is 66.4 Å². The molecule has 8 fully saturated rings. The molecule has 4 heterocycles. The lowest BCUT2D eigenvalue weighted by Gasteiger charge is -2.19. The van der Waals surface area contributed by atoms with Gasteiger partial charge < -0.3 is 90.0 Å². The molecule has 544 valence electrons. The molecule has 25 nitrogen and oxygen atoms in total. The summed E-state index contributed by atoms with van der Waals surface area (Å²) in [5, 5.41) is 35.1. The van der Waals surface area contributed by atoms with Crippen molar-refractivity contribution in [3.05, 3.63) is 157 Å². The summed E-state index contributed by atoms with van der Waals surface area (Å²) >= 11 is 0. The Morgan fingerprint density at radius 3 is 0.594 bits per heavy atom. The third-order valence-electron chi connectivity index (χ3n) is 19.4. The number of halogens is 12. The number of carboxylic acids is 4. The van der Waals surface area contributed by atoms with E-state index in [1.54, 1.807) is 0 Å². The van der Waals surface area contributed by atoms with Crippen LogP contribution < -0.4 is 67.6 Å². The van der Waals surface area contributed by atoms with Crippen LogP contribution in [0.1, 0.15) is 191 Å². The van der Waals surface area contributed by atoms with E-state index in [0.717, 1.165) is 76.2 Å². The number of nitrogens with zero attached hydrogens (tertiary/aromatic N) is 4. The van der Waals surface area contributed by atoms with Gasteiger partial charge in [-0.2, -0.15) is 0 Å². The zero-order valence-electron chi connectivity index (χ0n) is 52.6. The maximum absolute atomic E-state index is 15.1. The van der Waals surface area contributed by atoms with Crippen LogP contribution in [0.25, 0.3) is 43.6 Å². The minimum absolute atomic E-state index is 0. The lowest BCUT2D eigenvalue weighted by molar-refractivity contribution is 0.0684. The first-order valence-electron chi connectivity index (χ1n) is 30.6. The Bertz CT molecular complexity index is 4560. The standard InChI is InChI=1S/4C16H15F2N3O3.4ClH.H2O/c4*17-10-9(16(20)3-4-16)11(18)13-8(12(10)19)14(22)7(15(23)24)5-21(13)6-1-2-6;;;;;/h4*5-6H,1-4,19-20H2,(H,23,24);4*1H;1H2. The number of nitrogen functional groups attached to an aromatic ring is 4. The molecule has 37 heteroatoms. The van der Waals surface area contributed by atoms with E-state index < -0.39 is 181 Å². The maximum atomic E-state index is 15.1. The molecule has 0 atom stereocenters. The molecular formula is C64H66Cl4F8N12O13. The van der Waals surface area contributed by atoms with Gasteiger partial charge in [0.1, 0.15) is 22.3 Å². The number of nitrogens with two attached hydrogens (primary N) is 8. The topological polar surface area (TPSA) is 477 Å². The molecule has 0 bridgehead atoms. The summed E-state index contributed by atoms with van der Waals surface area (Å²) in [7, 11) is 0. The van der Waals surface area contributed by atoms with Crippen molar-refractivity contribution in [2.45, 2.75) is 149 Å². The molecule has 0 unspecified atom stereocenters. The Morgan fingerprint density at radius 2 is 0.475 bits per heavy atom. The Balaban J connectivity index is 0.000000168. The van der Waals surface area contributed by atoms with Crippen LogP contribution in [-0.4, -0.2) is 68.0 Å². The number of hydrogen-bond donors (Lipinski definition) is 12. The van der Waals surface area contributed by atoms with Crippen molar-refractivity contribution in [1.82, 2.24) is 18.3 Å². The third kappa shape index (κ3) is 12.7. The van der Waals surface area contributed by atoms with Crippen LogP contribution in [0, 0.1) is 46.5 Å². The van der Waals surface area contributed by atoms with Gasteiger partial charge in [0.25, 0.3) is 0 Å². The van der Waals surface area contributed by atoms with Crippen LogP contribution in [-0.2, 0) is 22.2 Å². The fourth-order valence-electron chi connectivity index (χ4n) is 12.7. The predicted octanol–water partition coefficient (Wildman–Crippen LogP) is 8.23. The number of aromatic nitrogens is 4. The van der Waals surface area contributed by atoms with E-state index in [1.807, 2.05) is 0 Å². The first-order chi connectivity index (χ1) is 45.0. The lowest BCUT2D eigenvalue weighted by atomic mass is 9.98. The van der Waals surface area contributed by atoms with Crippen LogP contribution in [0.15, 0.2) is 44.0 Å². The Kier molecular flexibility index (Phi) is 20.5. The lowest BCUT2D eigenvalue weighted by Crippen LogP contribution is -2.27. The minimum Gasteiger partial charge on any atom is -0.477 e.